The minimum atomic E-state index is -0.567. The summed E-state index contributed by atoms with van der Waals surface area (Å²) in [7, 11) is 1.72. The lowest BCUT2D eigenvalue weighted by Crippen LogP contribution is -2.36. The molecule has 0 atom stereocenters. The SMILES string of the molecule is CNSNc1cccc(CN2Cc3ccc(NC=O)cc3OC2=O)c1F. The number of fused-ring (bicyclic) bond motifs is 1. The second kappa shape index (κ2) is 8.07. The number of rotatable bonds is 7. The van der Waals surface area contributed by atoms with E-state index in [-0.39, 0.29) is 13.1 Å². The van der Waals surface area contributed by atoms with Crippen molar-refractivity contribution in [2.75, 3.05) is 17.1 Å². The van der Waals surface area contributed by atoms with Crippen LogP contribution in [-0.2, 0) is 17.9 Å². The summed E-state index contributed by atoms with van der Waals surface area (Å²) in [4.78, 5) is 24.2. The van der Waals surface area contributed by atoms with Crippen LogP contribution in [0.2, 0.25) is 0 Å². The number of carbonyl (C=O) groups is 2. The third kappa shape index (κ3) is 3.89. The van der Waals surface area contributed by atoms with E-state index in [1.54, 1.807) is 43.4 Å². The smallest absolute Gasteiger partial charge is 0.410 e. The molecule has 26 heavy (non-hydrogen) atoms. The molecule has 1 aliphatic rings. The fraction of sp³-hybridized carbons (Fsp3) is 0.176. The maximum absolute atomic E-state index is 14.6. The van der Waals surface area contributed by atoms with Gasteiger partial charge in [-0.1, -0.05) is 18.2 Å². The van der Waals surface area contributed by atoms with Crippen LogP contribution in [0.25, 0.3) is 0 Å². The Bertz CT molecular complexity index is 834. The molecule has 7 nitrogen and oxygen atoms in total. The van der Waals surface area contributed by atoms with Crippen molar-refractivity contribution in [3.05, 3.63) is 53.3 Å². The van der Waals surface area contributed by atoms with Crippen LogP contribution in [-0.4, -0.2) is 24.5 Å². The quantitative estimate of drug-likeness (QED) is 0.509. The fourth-order valence-electron chi connectivity index (χ4n) is 2.58. The molecule has 0 saturated carbocycles. The van der Waals surface area contributed by atoms with Crippen molar-refractivity contribution in [1.82, 2.24) is 9.62 Å². The number of anilines is 2. The van der Waals surface area contributed by atoms with Gasteiger partial charge in [-0.25, -0.2) is 13.9 Å². The molecule has 1 aliphatic heterocycles. The van der Waals surface area contributed by atoms with Gasteiger partial charge in [0.15, 0.2) is 5.82 Å². The van der Waals surface area contributed by atoms with Crippen molar-refractivity contribution in [3.8, 4) is 5.75 Å². The lowest BCUT2D eigenvalue weighted by atomic mass is 10.1. The minimum Gasteiger partial charge on any atom is -0.410 e. The number of carbonyl (C=O) groups excluding carboxylic acids is 2. The predicted molar refractivity (Wildman–Crippen MR) is 98.1 cm³/mol. The number of ether oxygens (including phenoxy) is 1. The molecule has 0 saturated heterocycles. The summed E-state index contributed by atoms with van der Waals surface area (Å²) in [6.45, 7) is 0.371. The molecule has 0 spiro atoms. The number of hydrogen-bond donors (Lipinski definition) is 3. The Balaban J connectivity index is 1.77. The van der Waals surface area contributed by atoms with Gasteiger partial charge in [0, 0.05) is 35.0 Å². The van der Waals surface area contributed by atoms with Gasteiger partial charge in [-0.3, -0.25) is 9.69 Å². The van der Waals surface area contributed by atoms with Gasteiger partial charge in [-0.05, 0) is 19.2 Å². The fourth-order valence-corrected chi connectivity index (χ4v) is 2.95. The van der Waals surface area contributed by atoms with Crippen molar-refractivity contribution in [3.63, 3.8) is 0 Å². The van der Waals surface area contributed by atoms with E-state index in [2.05, 4.69) is 14.8 Å². The van der Waals surface area contributed by atoms with Crippen LogP contribution in [0.5, 0.6) is 5.75 Å². The summed E-state index contributed by atoms with van der Waals surface area (Å²) >= 11 is 1.15. The van der Waals surface area contributed by atoms with E-state index in [1.807, 2.05) is 0 Å². The topological polar surface area (TPSA) is 82.7 Å². The second-order valence-corrected chi connectivity index (χ2v) is 6.31. The van der Waals surface area contributed by atoms with Crippen LogP contribution in [0.1, 0.15) is 11.1 Å². The molecule has 0 radical (unpaired) electrons. The molecule has 2 aromatic rings. The summed E-state index contributed by atoms with van der Waals surface area (Å²) in [6, 6.07) is 10.0. The van der Waals surface area contributed by atoms with Crippen LogP contribution in [0.4, 0.5) is 20.6 Å². The van der Waals surface area contributed by atoms with E-state index in [0.29, 0.717) is 29.1 Å². The number of nitrogens with one attached hydrogen (secondary N) is 3. The average Bonchev–Trinajstić information content (AvgIpc) is 2.63. The lowest BCUT2D eigenvalue weighted by molar-refractivity contribution is -0.105. The number of halogens is 1. The van der Waals surface area contributed by atoms with E-state index in [4.69, 9.17) is 4.74 Å². The normalized spacial score (nSPS) is 13.0. The minimum absolute atomic E-state index is 0.0815. The summed E-state index contributed by atoms with van der Waals surface area (Å²) in [5.41, 5.74) is 2.02. The van der Waals surface area contributed by atoms with Crippen LogP contribution >= 0.6 is 12.1 Å². The molecule has 0 aromatic heterocycles. The van der Waals surface area contributed by atoms with Gasteiger partial charge in [0.2, 0.25) is 6.41 Å². The first-order valence-electron chi connectivity index (χ1n) is 7.78. The van der Waals surface area contributed by atoms with Crippen LogP contribution in [0.15, 0.2) is 36.4 Å². The molecular weight excluding hydrogens is 359 g/mol. The Hall–Kier alpha value is -2.78. The summed E-state index contributed by atoms with van der Waals surface area (Å²) in [6.07, 6.45) is -0.0161. The zero-order chi connectivity index (χ0) is 18.5. The molecular formula is C17H17FN4O3S. The largest absolute Gasteiger partial charge is 0.415 e. The summed E-state index contributed by atoms with van der Waals surface area (Å²) in [5, 5.41) is 2.50. The first-order chi connectivity index (χ1) is 12.6. The lowest BCUT2D eigenvalue weighted by Gasteiger charge is -2.28. The predicted octanol–water partition coefficient (Wildman–Crippen LogP) is 3.10. The highest BCUT2D eigenvalue weighted by atomic mass is 32.2. The molecule has 0 bridgehead atoms. The number of amides is 2. The van der Waals surface area contributed by atoms with E-state index >= 15 is 0 Å². The second-order valence-electron chi connectivity index (χ2n) is 5.50. The number of hydrogen-bond acceptors (Lipinski definition) is 6. The standard InChI is InChI=1S/C17H17FN4O3S/c1-19-26-21-14-4-2-3-12(16(14)18)9-22-8-11-5-6-13(20-10-23)7-15(11)25-17(22)24/h2-7,10,19,21H,8-9H2,1H3,(H,20,23). The summed E-state index contributed by atoms with van der Waals surface area (Å²) < 4.78 is 25.6. The van der Waals surface area contributed by atoms with Crippen molar-refractivity contribution in [1.29, 1.82) is 0 Å². The van der Waals surface area contributed by atoms with E-state index < -0.39 is 11.9 Å². The molecule has 2 amide bonds. The molecule has 9 heteroatoms. The van der Waals surface area contributed by atoms with Crippen molar-refractivity contribution >= 4 is 36.0 Å². The van der Waals surface area contributed by atoms with Gasteiger partial charge in [0.1, 0.15) is 5.75 Å². The molecule has 3 rings (SSSR count). The van der Waals surface area contributed by atoms with Gasteiger partial charge >= 0.3 is 6.09 Å². The van der Waals surface area contributed by atoms with Crippen molar-refractivity contribution < 1.29 is 18.7 Å². The van der Waals surface area contributed by atoms with Crippen molar-refractivity contribution in [2.45, 2.75) is 13.1 Å². The van der Waals surface area contributed by atoms with Gasteiger partial charge in [-0.2, -0.15) is 0 Å². The van der Waals surface area contributed by atoms with Gasteiger partial charge in [0.25, 0.3) is 0 Å². The molecule has 3 N–H and O–H groups in total. The maximum Gasteiger partial charge on any atom is 0.415 e. The number of nitrogens with zero attached hydrogens (tertiary/aromatic N) is 1. The van der Waals surface area contributed by atoms with Gasteiger partial charge in [0.05, 0.1) is 18.8 Å². The van der Waals surface area contributed by atoms with Crippen molar-refractivity contribution in [2.24, 2.45) is 0 Å². The molecule has 0 unspecified atom stereocenters. The Kier molecular flexibility index (Phi) is 5.59. The highest BCUT2D eigenvalue weighted by molar-refractivity contribution is 7.98. The highest BCUT2D eigenvalue weighted by Gasteiger charge is 2.26. The molecule has 1 heterocycles. The van der Waals surface area contributed by atoms with Crippen LogP contribution < -0.4 is 19.5 Å². The Morgan fingerprint density at radius 3 is 2.96 bits per heavy atom. The van der Waals surface area contributed by atoms with Gasteiger partial charge < -0.3 is 14.8 Å². The molecule has 2 aromatic carbocycles. The first-order valence-corrected chi connectivity index (χ1v) is 8.60. The first kappa shape index (κ1) is 18.0. The molecule has 136 valence electrons. The van der Waals surface area contributed by atoms with Gasteiger partial charge in [-0.15, -0.1) is 0 Å². The monoisotopic (exact) mass is 376 g/mol. The third-order valence-electron chi connectivity index (χ3n) is 3.81. The van der Waals surface area contributed by atoms with Crippen LogP contribution in [0, 0.1) is 5.82 Å². The Labute approximate surface area is 154 Å². The number of benzene rings is 2. The van der Waals surface area contributed by atoms with E-state index in [9.17, 15) is 14.0 Å². The Morgan fingerprint density at radius 2 is 2.19 bits per heavy atom. The zero-order valence-electron chi connectivity index (χ0n) is 13.9. The third-order valence-corrected chi connectivity index (χ3v) is 4.34. The Morgan fingerprint density at radius 1 is 1.35 bits per heavy atom. The maximum atomic E-state index is 14.6. The highest BCUT2D eigenvalue weighted by Crippen LogP contribution is 2.30. The zero-order valence-corrected chi connectivity index (χ0v) is 14.7. The average molecular weight is 376 g/mol. The molecule has 0 aliphatic carbocycles. The molecule has 0 fully saturated rings. The van der Waals surface area contributed by atoms with Crippen LogP contribution in [0.3, 0.4) is 0 Å². The van der Waals surface area contributed by atoms with E-state index in [0.717, 1.165) is 17.7 Å². The van der Waals surface area contributed by atoms with E-state index in [1.165, 1.54) is 4.90 Å². The summed E-state index contributed by atoms with van der Waals surface area (Å²) in [5.74, 6) is -0.0289.